The summed E-state index contributed by atoms with van der Waals surface area (Å²) in [6, 6.07) is 7.58. The summed E-state index contributed by atoms with van der Waals surface area (Å²) in [5.74, 6) is -0.138. The molecule has 1 heterocycles. The summed E-state index contributed by atoms with van der Waals surface area (Å²) >= 11 is 5.75. The standard InChI is InChI=1S/C11H8ClNO3/c1-7-5-10(14)13(16-7)11(15)8-3-2-4-9(12)6-8/h2-6H,1H3. The molecule has 1 aromatic heterocycles. The number of hydrogen-bond donors (Lipinski definition) is 0. The van der Waals surface area contributed by atoms with E-state index in [0.717, 1.165) is 0 Å². The molecule has 0 aliphatic carbocycles. The van der Waals surface area contributed by atoms with Crippen LogP contribution < -0.4 is 5.56 Å². The molecule has 0 amide bonds. The van der Waals surface area contributed by atoms with Crippen molar-refractivity contribution in [2.75, 3.05) is 0 Å². The van der Waals surface area contributed by atoms with Crippen molar-refractivity contribution >= 4 is 17.5 Å². The smallest absolute Gasteiger partial charge is 0.294 e. The van der Waals surface area contributed by atoms with Gasteiger partial charge in [-0.2, -0.15) is 0 Å². The Morgan fingerprint density at radius 3 is 2.69 bits per heavy atom. The number of hydrogen-bond acceptors (Lipinski definition) is 3. The Hall–Kier alpha value is -1.81. The number of benzene rings is 1. The van der Waals surface area contributed by atoms with Crippen LogP contribution in [-0.4, -0.2) is 10.6 Å². The molecule has 0 radical (unpaired) electrons. The number of halogens is 1. The van der Waals surface area contributed by atoms with Crippen molar-refractivity contribution in [1.29, 1.82) is 0 Å². The molecule has 2 aromatic rings. The first kappa shape index (κ1) is 10.7. The van der Waals surface area contributed by atoms with Gasteiger partial charge in [0.2, 0.25) is 0 Å². The third-order valence-electron chi connectivity index (χ3n) is 2.02. The number of rotatable bonds is 1. The average molecular weight is 238 g/mol. The van der Waals surface area contributed by atoms with Crippen molar-refractivity contribution in [2.24, 2.45) is 0 Å². The quantitative estimate of drug-likeness (QED) is 0.763. The maximum Gasteiger partial charge on any atom is 0.294 e. The summed E-state index contributed by atoms with van der Waals surface area (Å²) in [4.78, 5) is 23.2. The Bertz CT molecular complexity index is 597. The van der Waals surface area contributed by atoms with Crippen molar-refractivity contribution in [2.45, 2.75) is 6.92 Å². The minimum Gasteiger partial charge on any atom is -0.373 e. The SMILES string of the molecule is Cc1cc(=O)n(C(=O)c2cccc(Cl)c2)o1. The maximum absolute atomic E-state index is 11.8. The number of nitrogens with zero attached hydrogens (tertiary/aromatic N) is 1. The van der Waals surface area contributed by atoms with Crippen LogP contribution in [0.5, 0.6) is 0 Å². The fourth-order valence-electron chi connectivity index (χ4n) is 1.33. The van der Waals surface area contributed by atoms with Gasteiger partial charge in [0.25, 0.3) is 11.5 Å². The molecule has 5 heteroatoms. The van der Waals surface area contributed by atoms with Gasteiger partial charge < -0.3 is 4.52 Å². The number of carbonyl (C=O) groups is 1. The molecule has 16 heavy (non-hydrogen) atoms. The topological polar surface area (TPSA) is 52.2 Å². The monoisotopic (exact) mass is 237 g/mol. The van der Waals surface area contributed by atoms with Crippen molar-refractivity contribution < 1.29 is 9.32 Å². The van der Waals surface area contributed by atoms with E-state index in [1.165, 1.54) is 12.1 Å². The fraction of sp³-hybridized carbons (Fsp3) is 0.0909. The lowest BCUT2D eigenvalue weighted by Crippen LogP contribution is -2.22. The molecule has 82 valence electrons. The fourth-order valence-corrected chi connectivity index (χ4v) is 1.52. The van der Waals surface area contributed by atoms with Gasteiger partial charge in [0.15, 0.2) is 0 Å². The van der Waals surface area contributed by atoms with E-state index in [9.17, 15) is 9.59 Å². The van der Waals surface area contributed by atoms with E-state index in [0.29, 0.717) is 21.1 Å². The highest BCUT2D eigenvalue weighted by Gasteiger charge is 2.14. The van der Waals surface area contributed by atoms with E-state index < -0.39 is 11.5 Å². The molecule has 2 rings (SSSR count). The number of aromatic nitrogens is 1. The van der Waals surface area contributed by atoms with Crippen LogP contribution >= 0.6 is 11.6 Å². The molecule has 4 nitrogen and oxygen atoms in total. The van der Waals surface area contributed by atoms with Gasteiger partial charge in [-0.3, -0.25) is 9.59 Å². The first-order chi connectivity index (χ1) is 7.58. The summed E-state index contributed by atoms with van der Waals surface area (Å²) < 4.78 is 5.69. The van der Waals surface area contributed by atoms with Crippen molar-refractivity contribution in [1.82, 2.24) is 4.74 Å². The minimum atomic E-state index is -0.527. The molecule has 0 unspecified atom stereocenters. The minimum absolute atomic E-state index is 0.309. The zero-order valence-corrected chi connectivity index (χ0v) is 9.19. The lowest BCUT2D eigenvalue weighted by molar-refractivity contribution is 0.0834. The van der Waals surface area contributed by atoms with Crippen LogP contribution in [0.3, 0.4) is 0 Å². The zero-order chi connectivity index (χ0) is 11.7. The largest absolute Gasteiger partial charge is 0.373 e. The molecular weight excluding hydrogens is 230 g/mol. The second kappa shape index (κ2) is 3.98. The highest BCUT2D eigenvalue weighted by molar-refractivity contribution is 6.30. The van der Waals surface area contributed by atoms with E-state index in [4.69, 9.17) is 16.1 Å². The molecule has 0 saturated carbocycles. The lowest BCUT2D eigenvalue weighted by atomic mass is 10.2. The van der Waals surface area contributed by atoms with Gasteiger partial charge in [-0.05, 0) is 25.1 Å². The maximum atomic E-state index is 11.8. The van der Waals surface area contributed by atoms with E-state index in [-0.39, 0.29) is 0 Å². The van der Waals surface area contributed by atoms with Gasteiger partial charge in [0, 0.05) is 16.7 Å². The van der Waals surface area contributed by atoms with E-state index in [2.05, 4.69) is 0 Å². The number of carbonyl (C=O) groups excluding carboxylic acids is 1. The molecule has 0 aliphatic heterocycles. The predicted octanol–water partition coefficient (Wildman–Crippen LogP) is 2.09. The summed E-state index contributed by atoms with van der Waals surface area (Å²) in [5, 5.41) is 0.433. The Morgan fingerprint density at radius 2 is 2.12 bits per heavy atom. The Morgan fingerprint density at radius 1 is 1.38 bits per heavy atom. The highest BCUT2D eigenvalue weighted by atomic mass is 35.5. The average Bonchev–Trinajstić information content (AvgIpc) is 2.57. The summed E-state index contributed by atoms with van der Waals surface area (Å²) in [6.45, 7) is 1.60. The molecule has 0 bridgehead atoms. The van der Waals surface area contributed by atoms with E-state index >= 15 is 0 Å². The molecule has 0 atom stereocenters. The molecule has 0 fully saturated rings. The second-order valence-electron chi connectivity index (χ2n) is 3.29. The Kier molecular flexibility index (Phi) is 2.66. The van der Waals surface area contributed by atoms with Crippen LogP contribution in [0.15, 0.2) is 39.6 Å². The first-order valence-corrected chi connectivity index (χ1v) is 4.96. The predicted molar refractivity (Wildman–Crippen MR) is 58.9 cm³/mol. The number of aryl methyl sites for hydroxylation is 1. The van der Waals surface area contributed by atoms with Gasteiger partial charge in [0.05, 0.1) is 0 Å². The molecular formula is C11H8ClNO3. The third-order valence-corrected chi connectivity index (χ3v) is 2.25. The van der Waals surface area contributed by atoms with Crippen LogP contribution in [0.4, 0.5) is 0 Å². The second-order valence-corrected chi connectivity index (χ2v) is 3.73. The Labute approximate surface area is 96.0 Å². The van der Waals surface area contributed by atoms with Crippen molar-refractivity contribution in [3.8, 4) is 0 Å². The zero-order valence-electron chi connectivity index (χ0n) is 8.44. The van der Waals surface area contributed by atoms with E-state index in [1.54, 1.807) is 25.1 Å². The normalized spacial score (nSPS) is 10.4. The summed E-state index contributed by atoms with van der Waals surface area (Å²) in [6.07, 6.45) is 0. The van der Waals surface area contributed by atoms with Gasteiger partial charge in [-0.15, -0.1) is 0 Å². The Balaban J connectivity index is 2.47. The third kappa shape index (κ3) is 1.92. The van der Waals surface area contributed by atoms with Crippen LogP contribution in [0.25, 0.3) is 0 Å². The lowest BCUT2D eigenvalue weighted by Gasteiger charge is -1.99. The van der Waals surface area contributed by atoms with Gasteiger partial charge in [-0.1, -0.05) is 22.4 Å². The van der Waals surface area contributed by atoms with Crippen LogP contribution in [-0.2, 0) is 0 Å². The molecule has 0 spiro atoms. The van der Waals surface area contributed by atoms with Crippen LogP contribution in [0, 0.1) is 6.92 Å². The van der Waals surface area contributed by atoms with E-state index in [1.807, 2.05) is 0 Å². The van der Waals surface area contributed by atoms with Gasteiger partial charge in [0.1, 0.15) is 5.76 Å². The summed E-state index contributed by atoms with van der Waals surface area (Å²) in [7, 11) is 0. The van der Waals surface area contributed by atoms with Crippen molar-refractivity contribution in [3.05, 3.63) is 57.0 Å². The summed E-state index contributed by atoms with van der Waals surface area (Å²) in [5.41, 5.74) is -0.175. The van der Waals surface area contributed by atoms with Crippen LogP contribution in [0.1, 0.15) is 16.1 Å². The van der Waals surface area contributed by atoms with Gasteiger partial charge in [-0.25, -0.2) is 0 Å². The van der Waals surface area contributed by atoms with Crippen LogP contribution in [0.2, 0.25) is 5.02 Å². The molecule has 0 aliphatic rings. The van der Waals surface area contributed by atoms with Crippen molar-refractivity contribution in [3.63, 3.8) is 0 Å². The highest BCUT2D eigenvalue weighted by Crippen LogP contribution is 2.11. The molecule has 1 aromatic carbocycles. The molecule has 0 saturated heterocycles. The van der Waals surface area contributed by atoms with Gasteiger partial charge >= 0.3 is 0 Å². The first-order valence-electron chi connectivity index (χ1n) is 4.58. The molecule has 0 N–H and O–H groups in total.